The highest BCUT2D eigenvalue weighted by Crippen LogP contribution is 2.19. The van der Waals surface area contributed by atoms with Gasteiger partial charge in [0.25, 0.3) is 0 Å². The zero-order valence-electron chi connectivity index (χ0n) is 7.51. The Balaban J connectivity index is 2.38. The van der Waals surface area contributed by atoms with Crippen LogP contribution in [-0.2, 0) is 0 Å². The van der Waals surface area contributed by atoms with Crippen LogP contribution < -0.4 is 0 Å². The normalized spacial score (nSPS) is 33.2. The van der Waals surface area contributed by atoms with E-state index in [9.17, 15) is 0 Å². The minimum Gasteiger partial charge on any atom is -0.292 e. The van der Waals surface area contributed by atoms with Crippen LogP contribution in [0.4, 0.5) is 0 Å². The number of nitrogens with zero attached hydrogens (tertiary/aromatic N) is 1. The maximum absolute atomic E-state index is 5.26. The first-order valence-corrected chi connectivity index (χ1v) is 4.38. The molecule has 1 aliphatic rings. The Morgan fingerprint density at radius 3 is 2.36 bits per heavy atom. The minimum atomic E-state index is 0.826. The van der Waals surface area contributed by atoms with Crippen molar-refractivity contribution in [1.82, 2.24) is 4.90 Å². The SMILES string of the molecule is C#CCN1C[C@@H](C)C[C@H](C)C1. The molecule has 1 rings (SSSR count). The summed E-state index contributed by atoms with van der Waals surface area (Å²) in [4.78, 5) is 2.37. The predicted octanol–water partition coefficient (Wildman–Crippen LogP) is 1.60. The van der Waals surface area contributed by atoms with E-state index in [2.05, 4.69) is 24.7 Å². The average Bonchev–Trinajstić information content (AvgIpc) is 1.85. The van der Waals surface area contributed by atoms with Gasteiger partial charge in [-0.25, -0.2) is 0 Å². The topological polar surface area (TPSA) is 3.24 Å². The van der Waals surface area contributed by atoms with Gasteiger partial charge in [0.15, 0.2) is 0 Å². The van der Waals surface area contributed by atoms with Gasteiger partial charge in [0.2, 0.25) is 0 Å². The zero-order chi connectivity index (χ0) is 8.27. The van der Waals surface area contributed by atoms with E-state index >= 15 is 0 Å². The molecule has 1 nitrogen and oxygen atoms in total. The Morgan fingerprint density at radius 1 is 1.36 bits per heavy atom. The highest BCUT2D eigenvalue weighted by atomic mass is 15.1. The molecule has 1 aliphatic heterocycles. The van der Waals surface area contributed by atoms with Crippen molar-refractivity contribution in [2.75, 3.05) is 19.6 Å². The Hall–Kier alpha value is -0.480. The third-order valence-corrected chi connectivity index (χ3v) is 2.26. The molecule has 0 N–H and O–H groups in total. The first kappa shape index (κ1) is 8.62. The van der Waals surface area contributed by atoms with Crippen molar-refractivity contribution < 1.29 is 0 Å². The number of piperidine rings is 1. The average molecular weight is 151 g/mol. The molecule has 0 aliphatic carbocycles. The molecule has 0 saturated carbocycles. The quantitative estimate of drug-likeness (QED) is 0.514. The zero-order valence-corrected chi connectivity index (χ0v) is 7.51. The van der Waals surface area contributed by atoms with Gasteiger partial charge in [0.05, 0.1) is 6.54 Å². The lowest BCUT2D eigenvalue weighted by atomic mass is 9.92. The second kappa shape index (κ2) is 3.78. The number of hydrogen-bond donors (Lipinski definition) is 0. The molecule has 0 aromatic carbocycles. The molecule has 0 aromatic rings. The second-order valence-electron chi connectivity index (χ2n) is 3.84. The number of terminal acetylenes is 1. The molecule has 62 valence electrons. The maximum atomic E-state index is 5.26. The fourth-order valence-electron chi connectivity index (χ4n) is 2.05. The van der Waals surface area contributed by atoms with Gasteiger partial charge >= 0.3 is 0 Å². The molecular weight excluding hydrogens is 134 g/mol. The Bertz CT molecular complexity index is 147. The predicted molar refractivity (Wildman–Crippen MR) is 48.2 cm³/mol. The highest BCUT2D eigenvalue weighted by Gasteiger charge is 2.20. The molecule has 0 unspecified atom stereocenters. The standard InChI is InChI=1S/C10H17N/c1-4-5-11-7-9(2)6-10(3)8-11/h1,9-10H,5-8H2,2-3H3/t9-,10-/m0/s1. The summed E-state index contributed by atoms with van der Waals surface area (Å²) in [5, 5.41) is 0. The van der Waals surface area contributed by atoms with Crippen LogP contribution in [-0.4, -0.2) is 24.5 Å². The van der Waals surface area contributed by atoms with Crippen LogP contribution in [0, 0.1) is 24.2 Å². The third kappa shape index (κ3) is 2.55. The third-order valence-electron chi connectivity index (χ3n) is 2.26. The molecule has 1 fully saturated rings. The smallest absolute Gasteiger partial charge is 0.0599 e. The highest BCUT2D eigenvalue weighted by molar-refractivity contribution is 4.90. The van der Waals surface area contributed by atoms with Crippen molar-refractivity contribution in [1.29, 1.82) is 0 Å². The van der Waals surface area contributed by atoms with E-state index in [1.807, 2.05) is 0 Å². The van der Waals surface area contributed by atoms with Crippen molar-refractivity contribution in [2.24, 2.45) is 11.8 Å². The van der Waals surface area contributed by atoms with Gasteiger partial charge in [-0.05, 0) is 18.3 Å². The first-order valence-electron chi connectivity index (χ1n) is 4.38. The number of likely N-dealkylation sites (tertiary alicyclic amines) is 1. The van der Waals surface area contributed by atoms with Crippen molar-refractivity contribution in [3.8, 4) is 12.3 Å². The van der Waals surface area contributed by atoms with E-state index in [0.717, 1.165) is 18.4 Å². The van der Waals surface area contributed by atoms with Crippen LogP contribution in [0.1, 0.15) is 20.3 Å². The van der Waals surface area contributed by atoms with Crippen LogP contribution in [0.5, 0.6) is 0 Å². The van der Waals surface area contributed by atoms with Crippen LogP contribution in [0.15, 0.2) is 0 Å². The molecular formula is C10H17N. The molecule has 0 radical (unpaired) electrons. The molecule has 1 heterocycles. The molecule has 2 atom stereocenters. The van der Waals surface area contributed by atoms with E-state index in [1.165, 1.54) is 19.5 Å². The lowest BCUT2D eigenvalue weighted by Gasteiger charge is -2.33. The molecule has 11 heavy (non-hydrogen) atoms. The molecule has 0 spiro atoms. The molecule has 1 heteroatoms. The van der Waals surface area contributed by atoms with Crippen LogP contribution in [0.3, 0.4) is 0 Å². The summed E-state index contributed by atoms with van der Waals surface area (Å²) in [5.74, 6) is 4.36. The van der Waals surface area contributed by atoms with Gasteiger partial charge in [-0.1, -0.05) is 19.8 Å². The molecule has 0 aromatic heterocycles. The van der Waals surface area contributed by atoms with Crippen molar-refractivity contribution >= 4 is 0 Å². The summed E-state index contributed by atoms with van der Waals surface area (Å²) < 4.78 is 0. The molecule has 0 amide bonds. The summed E-state index contributed by atoms with van der Waals surface area (Å²) in [6.07, 6.45) is 6.62. The number of rotatable bonds is 1. The van der Waals surface area contributed by atoms with Crippen molar-refractivity contribution in [3.63, 3.8) is 0 Å². The molecule has 1 saturated heterocycles. The van der Waals surface area contributed by atoms with Gasteiger partial charge in [0, 0.05) is 13.1 Å². The Labute approximate surface area is 69.8 Å². The minimum absolute atomic E-state index is 0.826. The van der Waals surface area contributed by atoms with E-state index in [0.29, 0.717) is 0 Å². The van der Waals surface area contributed by atoms with Crippen LogP contribution in [0.25, 0.3) is 0 Å². The van der Waals surface area contributed by atoms with Crippen LogP contribution >= 0.6 is 0 Å². The van der Waals surface area contributed by atoms with Gasteiger partial charge < -0.3 is 0 Å². The summed E-state index contributed by atoms with van der Waals surface area (Å²) in [7, 11) is 0. The summed E-state index contributed by atoms with van der Waals surface area (Å²) >= 11 is 0. The maximum Gasteiger partial charge on any atom is 0.0599 e. The monoisotopic (exact) mass is 151 g/mol. The first-order chi connectivity index (χ1) is 5.22. The van der Waals surface area contributed by atoms with Gasteiger partial charge in [0.1, 0.15) is 0 Å². The fourth-order valence-corrected chi connectivity index (χ4v) is 2.05. The van der Waals surface area contributed by atoms with E-state index in [1.54, 1.807) is 0 Å². The van der Waals surface area contributed by atoms with Gasteiger partial charge in [-0.15, -0.1) is 6.42 Å². The van der Waals surface area contributed by atoms with Gasteiger partial charge in [-0.3, -0.25) is 4.90 Å². The van der Waals surface area contributed by atoms with Crippen LogP contribution in [0.2, 0.25) is 0 Å². The summed E-state index contributed by atoms with van der Waals surface area (Å²) in [6.45, 7) is 7.82. The van der Waals surface area contributed by atoms with E-state index < -0.39 is 0 Å². The van der Waals surface area contributed by atoms with Crippen molar-refractivity contribution in [3.05, 3.63) is 0 Å². The van der Waals surface area contributed by atoms with Gasteiger partial charge in [-0.2, -0.15) is 0 Å². The molecule has 0 bridgehead atoms. The number of hydrogen-bond acceptors (Lipinski definition) is 1. The second-order valence-corrected chi connectivity index (χ2v) is 3.84. The van der Waals surface area contributed by atoms with E-state index in [-0.39, 0.29) is 0 Å². The fraction of sp³-hybridized carbons (Fsp3) is 0.800. The van der Waals surface area contributed by atoms with E-state index in [4.69, 9.17) is 6.42 Å². The Morgan fingerprint density at radius 2 is 1.91 bits per heavy atom. The largest absolute Gasteiger partial charge is 0.292 e. The Kier molecular flexibility index (Phi) is 2.96. The summed E-state index contributed by atoms with van der Waals surface area (Å²) in [5.41, 5.74) is 0. The lowest BCUT2D eigenvalue weighted by molar-refractivity contribution is 0.157. The lowest BCUT2D eigenvalue weighted by Crippen LogP contribution is -2.38. The summed E-state index contributed by atoms with van der Waals surface area (Å²) in [6, 6.07) is 0. The van der Waals surface area contributed by atoms with Crippen molar-refractivity contribution in [2.45, 2.75) is 20.3 Å².